The van der Waals surface area contributed by atoms with Crippen LogP contribution in [-0.4, -0.2) is 15.3 Å². The molecule has 2 rings (SSSR count). The van der Waals surface area contributed by atoms with Crippen LogP contribution < -0.4 is 5.43 Å². The van der Waals surface area contributed by atoms with Crippen LogP contribution in [0.1, 0.15) is 10.4 Å². The van der Waals surface area contributed by atoms with Gasteiger partial charge in [-0.1, -0.05) is 34.1 Å². The third-order valence-electron chi connectivity index (χ3n) is 2.66. The highest BCUT2D eigenvalue weighted by Gasteiger charge is 2.14. The number of carbonyl (C=O) groups excluding carboxylic acids is 1. The number of rotatable bonds is 4. The number of hydrogen-bond acceptors (Lipinski definition) is 4. The summed E-state index contributed by atoms with van der Waals surface area (Å²) in [6.07, 6.45) is 2.42. The van der Waals surface area contributed by atoms with E-state index >= 15 is 0 Å². The van der Waals surface area contributed by atoms with E-state index in [-0.39, 0.29) is 12.3 Å². The first-order valence-electron chi connectivity index (χ1n) is 5.61. The molecule has 0 aliphatic carbocycles. The van der Waals surface area contributed by atoms with E-state index in [4.69, 9.17) is 0 Å². The standard InChI is InChI=1S/C13H9BrN2O4/c14-10-4-2-1-3-9(10)13(18)8-15-6-5-12(17)11(7-15)16(19)20/h1-7H,8H2. The molecule has 0 unspecified atom stereocenters. The van der Waals surface area contributed by atoms with Crippen molar-refractivity contribution in [3.63, 3.8) is 0 Å². The molecule has 0 radical (unpaired) electrons. The molecule has 0 N–H and O–H groups in total. The van der Waals surface area contributed by atoms with E-state index in [1.807, 2.05) is 0 Å². The summed E-state index contributed by atoms with van der Waals surface area (Å²) in [7, 11) is 0. The Bertz CT molecular complexity index is 739. The third kappa shape index (κ3) is 3.00. The molecule has 102 valence electrons. The van der Waals surface area contributed by atoms with Crippen LogP contribution in [0.25, 0.3) is 0 Å². The second-order valence-corrected chi connectivity index (χ2v) is 4.88. The number of ketones is 1. The molecule has 1 aromatic carbocycles. The van der Waals surface area contributed by atoms with Gasteiger partial charge >= 0.3 is 5.69 Å². The summed E-state index contributed by atoms with van der Waals surface area (Å²) in [6.45, 7) is -0.0796. The second-order valence-electron chi connectivity index (χ2n) is 4.03. The summed E-state index contributed by atoms with van der Waals surface area (Å²) >= 11 is 3.27. The first-order valence-corrected chi connectivity index (χ1v) is 6.40. The third-order valence-corrected chi connectivity index (χ3v) is 3.35. The molecule has 7 heteroatoms. The number of aromatic nitrogens is 1. The fraction of sp³-hybridized carbons (Fsp3) is 0.0769. The first-order chi connectivity index (χ1) is 9.49. The quantitative estimate of drug-likeness (QED) is 0.487. The highest BCUT2D eigenvalue weighted by Crippen LogP contribution is 2.17. The molecule has 2 aromatic rings. The molecule has 0 fully saturated rings. The monoisotopic (exact) mass is 336 g/mol. The average molecular weight is 337 g/mol. The van der Waals surface area contributed by atoms with Gasteiger partial charge in [0.15, 0.2) is 5.78 Å². The van der Waals surface area contributed by atoms with Crippen molar-refractivity contribution in [1.29, 1.82) is 0 Å². The van der Waals surface area contributed by atoms with Gasteiger partial charge in [0.1, 0.15) is 0 Å². The van der Waals surface area contributed by atoms with Crippen molar-refractivity contribution < 1.29 is 9.72 Å². The topological polar surface area (TPSA) is 82.2 Å². The van der Waals surface area contributed by atoms with E-state index in [2.05, 4.69) is 15.9 Å². The maximum atomic E-state index is 12.1. The molecule has 0 aliphatic heterocycles. The molecule has 0 saturated carbocycles. The molecule has 0 bridgehead atoms. The van der Waals surface area contributed by atoms with Crippen molar-refractivity contribution in [3.05, 3.63) is 73.1 Å². The van der Waals surface area contributed by atoms with E-state index in [0.717, 1.165) is 12.3 Å². The predicted molar refractivity (Wildman–Crippen MR) is 75.8 cm³/mol. The Morgan fingerprint density at radius 2 is 2.00 bits per heavy atom. The van der Waals surface area contributed by atoms with Crippen molar-refractivity contribution in [3.8, 4) is 0 Å². The van der Waals surface area contributed by atoms with E-state index < -0.39 is 16.0 Å². The maximum Gasteiger partial charge on any atom is 0.332 e. The zero-order valence-electron chi connectivity index (χ0n) is 10.2. The Labute approximate surface area is 121 Å². The zero-order valence-corrected chi connectivity index (χ0v) is 11.7. The normalized spacial score (nSPS) is 10.2. The van der Waals surface area contributed by atoms with E-state index in [1.165, 1.54) is 10.8 Å². The molecule has 0 aliphatic rings. The molecule has 0 amide bonds. The second kappa shape index (κ2) is 5.79. The van der Waals surface area contributed by atoms with Crippen LogP contribution in [0.5, 0.6) is 0 Å². The molecule has 0 saturated heterocycles. The van der Waals surface area contributed by atoms with Gasteiger partial charge in [0.2, 0.25) is 0 Å². The van der Waals surface area contributed by atoms with Gasteiger partial charge in [0.25, 0.3) is 5.43 Å². The Morgan fingerprint density at radius 1 is 1.30 bits per heavy atom. The molecule has 1 aromatic heterocycles. The number of Topliss-reactive ketones (excluding diaryl/α,β-unsaturated/α-hetero) is 1. The van der Waals surface area contributed by atoms with E-state index in [0.29, 0.717) is 10.0 Å². The SMILES string of the molecule is O=C(Cn1ccc(=O)c([N+](=O)[O-])c1)c1ccccc1Br. The molecule has 1 heterocycles. The number of hydrogen-bond donors (Lipinski definition) is 0. The Balaban J connectivity index is 2.29. The van der Waals surface area contributed by atoms with Crippen LogP contribution in [0, 0.1) is 10.1 Å². The van der Waals surface area contributed by atoms with Gasteiger partial charge in [0, 0.05) is 22.3 Å². The minimum atomic E-state index is -0.762. The molecular weight excluding hydrogens is 328 g/mol. The lowest BCUT2D eigenvalue weighted by Gasteiger charge is -2.06. The van der Waals surface area contributed by atoms with Gasteiger partial charge in [-0.3, -0.25) is 19.7 Å². The number of nitrogens with zero attached hydrogens (tertiary/aromatic N) is 2. The summed E-state index contributed by atoms with van der Waals surface area (Å²) in [6, 6.07) is 7.98. The fourth-order valence-electron chi connectivity index (χ4n) is 1.69. The van der Waals surface area contributed by atoms with Crippen LogP contribution in [0.3, 0.4) is 0 Å². The van der Waals surface area contributed by atoms with Crippen LogP contribution >= 0.6 is 15.9 Å². The van der Waals surface area contributed by atoms with Crippen molar-refractivity contribution in [2.45, 2.75) is 6.54 Å². The first kappa shape index (κ1) is 14.1. The fourth-order valence-corrected chi connectivity index (χ4v) is 2.19. The lowest BCUT2D eigenvalue weighted by atomic mass is 10.1. The maximum absolute atomic E-state index is 12.1. The van der Waals surface area contributed by atoms with Crippen LogP contribution in [0.2, 0.25) is 0 Å². The summed E-state index contributed by atoms with van der Waals surface area (Å²) < 4.78 is 1.97. The van der Waals surface area contributed by atoms with Crippen molar-refractivity contribution in [2.75, 3.05) is 0 Å². The number of carbonyl (C=O) groups is 1. The summed E-state index contributed by atoms with van der Waals surface area (Å²) in [5.74, 6) is -0.213. The number of nitro groups is 1. The predicted octanol–water partition coefficient (Wildman–Crippen LogP) is 2.40. The van der Waals surface area contributed by atoms with Gasteiger partial charge in [-0.15, -0.1) is 0 Å². The number of pyridine rings is 1. The number of halogens is 1. The van der Waals surface area contributed by atoms with Gasteiger partial charge in [-0.2, -0.15) is 0 Å². The molecular formula is C13H9BrN2O4. The molecule has 0 spiro atoms. The Morgan fingerprint density at radius 3 is 2.65 bits per heavy atom. The number of benzene rings is 1. The average Bonchev–Trinajstić information content (AvgIpc) is 2.41. The molecule has 20 heavy (non-hydrogen) atoms. The lowest BCUT2D eigenvalue weighted by molar-refractivity contribution is -0.386. The van der Waals surface area contributed by atoms with Crippen molar-refractivity contribution in [1.82, 2.24) is 4.57 Å². The van der Waals surface area contributed by atoms with Crippen LogP contribution in [0.4, 0.5) is 5.69 Å². The summed E-state index contributed by atoms with van der Waals surface area (Å²) in [5, 5.41) is 10.7. The molecule has 0 atom stereocenters. The zero-order chi connectivity index (χ0) is 14.7. The highest BCUT2D eigenvalue weighted by atomic mass is 79.9. The van der Waals surface area contributed by atoms with Gasteiger partial charge in [-0.25, -0.2) is 0 Å². The smallest absolute Gasteiger partial charge is 0.332 e. The van der Waals surface area contributed by atoms with Crippen LogP contribution in [-0.2, 0) is 6.54 Å². The minimum Gasteiger partial charge on any atom is -0.340 e. The lowest BCUT2D eigenvalue weighted by Crippen LogP contribution is -2.15. The van der Waals surface area contributed by atoms with Crippen molar-refractivity contribution >= 4 is 27.4 Å². The largest absolute Gasteiger partial charge is 0.340 e. The highest BCUT2D eigenvalue weighted by molar-refractivity contribution is 9.10. The minimum absolute atomic E-state index is 0.0796. The van der Waals surface area contributed by atoms with Gasteiger partial charge in [0.05, 0.1) is 17.7 Å². The van der Waals surface area contributed by atoms with E-state index in [1.54, 1.807) is 24.3 Å². The summed E-state index contributed by atoms with van der Waals surface area (Å²) in [4.78, 5) is 33.3. The van der Waals surface area contributed by atoms with Crippen molar-refractivity contribution in [2.24, 2.45) is 0 Å². The van der Waals surface area contributed by atoms with Gasteiger partial charge in [-0.05, 0) is 6.07 Å². The van der Waals surface area contributed by atoms with Gasteiger partial charge < -0.3 is 4.57 Å². The molecule has 6 nitrogen and oxygen atoms in total. The summed E-state index contributed by atoms with van der Waals surface area (Å²) in [5.41, 5.74) is -0.749. The Hall–Kier alpha value is -2.28. The Kier molecular flexibility index (Phi) is 4.09. The van der Waals surface area contributed by atoms with E-state index in [9.17, 15) is 19.7 Å². The van der Waals surface area contributed by atoms with Crippen LogP contribution in [0.15, 0.2) is 52.0 Å².